The number of nitrogens with one attached hydrogen (secondary N) is 2. The van der Waals surface area contributed by atoms with Crippen molar-refractivity contribution in [1.29, 1.82) is 0 Å². The van der Waals surface area contributed by atoms with Gasteiger partial charge < -0.3 is 10.7 Å². The number of aromatic nitrogens is 2. The van der Waals surface area contributed by atoms with Crippen molar-refractivity contribution in [2.45, 2.75) is 6.92 Å². The number of aryl methyl sites for hydroxylation is 1. The SMILES string of the molecule is Cc1ccc(Cl)c(Nc2ncnc(NN)c2[N+](=O)[O-])c1. The van der Waals surface area contributed by atoms with E-state index in [4.69, 9.17) is 17.4 Å². The Hall–Kier alpha value is -2.45. The van der Waals surface area contributed by atoms with Gasteiger partial charge in [0.2, 0.25) is 11.6 Å². The van der Waals surface area contributed by atoms with Crippen LogP contribution in [0.5, 0.6) is 0 Å². The van der Waals surface area contributed by atoms with Gasteiger partial charge in [0, 0.05) is 0 Å². The third kappa shape index (κ3) is 2.76. The molecule has 0 unspecified atom stereocenters. The van der Waals surface area contributed by atoms with Crippen molar-refractivity contribution in [3.63, 3.8) is 0 Å². The molecule has 8 nitrogen and oxygen atoms in total. The maximum absolute atomic E-state index is 11.1. The molecule has 4 N–H and O–H groups in total. The summed E-state index contributed by atoms with van der Waals surface area (Å²) in [6.45, 7) is 1.88. The van der Waals surface area contributed by atoms with Gasteiger partial charge in [-0.3, -0.25) is 10.1 Å². The van der Waals surface area contributed by atoms with E-state index in [2.05, 4.69) is 20.7 Å². The second kappa shape index (κ2) is 5.68. The topological polar surface area (TPSA) is 119 Å². The highest BCUT2D eigenvalue weighted by molar-refractivity contribution is 6.33. The third-order valence-electron chi connectivity index (χ3n) is 2.52. The summed E-state index contributed by atoms with van der Waals surface area (Å²) in [6.07, 6.45) is 1.16. The van der Waals surface area contributed by atoms with Crippen molar-refractivity contribution < 1.29 is 4.92 Å². The average molecular weight is 295 g/mol. The number of hydrogen-bond acceptors (Lipinski definition) is 7. The molecule has 0 atom stereocenters. The van der Waals surface area contributed by atoms with Crippen molar-refractivity contribution in [1.82, 2.24) is 9.97 Å². The van der Waals surface area contributed by atoms with Gasteiger partial charge >= 0.3 is 5.69 Å². The predicted octanol–water partition coefficient (Wildman–Crippen LogP) is 2.38. The van der Waals surface area contributed by atoms with Gasteiger partial charge in [-0.25, -0.2) is 15.8 Å². The van der Waals surface area contributed by atoms with E-state index in [1.807, 2.05) is 13.0 Å². The lowest BCUT2D eigenvalue weighted by molar-refractivity contribution is -0.383. The molecule has 20 heavy (non-hydrogen) atoms. The lowest BCUT2D eigenvalue weighted by Gasteiger charge is -2.10. The van der Waals surface area contributed by atoms with Crippen LogP contribution in [-0.2, 0) is 0 Å². The summed E-state index contributed by atoms with van der Waals surface area (Å²) in [4.78, 5) is 18.0. The summed E-state index contributed by atoms with van der Waals surface area (Å²) >= 11 is 6.04. The van der Waals surface area contributed by atoms with E-state index in [-0.39, 0.29) is 17.3 Å². The van der Waals surface area contributed by atoms with E-state index in [1.165, 1.54) is 0 Å². The van der Waals surface area contributed by atoms with E-state index in [0.717, 1.165) is 11.9 Å². The normalized spacial score (nSPS) is 10.2. The number of hydrogen-bond donors (Lipinski definition) is 3. The second-order valence-electron chi connectivity index (χ2n) is 3.93. The van der Waals surface area contributed by atoms with Gasteiger partial charge in [-0.1, -0.05) is 17.7 Å². The van der Waals surface area contributed by atoms with Crippen LogP contribution in [0.3, 0.4) is 0 Å². The van der Waals surface area contributed by atoms with Gasteiger partial charge in [-0.05, 0) is 24.6 Å². The fraction of sp³-hybridized carbons (Fsp3) is 0.0909. The second-order valence-corrected chi connectivity index (χ2v) is 4.34. The molecule has 0 fully saturated rings. The molecule has 1 aromatic heterocycles. The lowest BCUT2D eigenvalue weighted by Crippen LogP contribution is -2.12. The first-order valence-corrected chi connectivity index (χ1v) is 5.90. The molecule has 0 spiro atoms. The Balaban J connectivity index is 2.48. The van der Waals surface area contributed by atoms with Crippen molar-refractivity contribution >= 4 is 34.6 Å². The van der Waals surface area contributed by atoms with Crippen LogP contribution < -0.4 is 16.6 Å². The highest BCUT2D eigenvalue weighted by atomic mass is 35.5. The number of nitro groups is 1. The van der Waals surface area contributed by atoms with Crippen LogP contribution in [0.1, 0.15) is 5.56 Å². The molecule has 0 saturated heterocycles. The van der Waals surface area contributed by atoms with Gasteiger partial charge in [0.1, 0.15) is 6.33 Å². The standard InChI is InChI=1S/C11H11ClN6O2/c1-6-2-3-7(12)8(4-6)16-10-9(18(19)20)11(17-13)15-5-14-10/h2-5H,13H2,1H3,(H2,14,15,16,17). The molecule has 0 aliphatic heterocycles. The summed E-state index contributed by atoms with van der Waals surface area (Å²) in [5.41, 5.74) is 3.27. The van der Waals surface area contributed by atoms with E-state index >= 15 is 0 Å². The summed E-state index contributed by atoms with van der Waals surface area (Å²) in [7, 11) is 0. The van der Waals surface area contributed by atoms with E-state index in [9.17, 15) is 10.1 Å². The molecule has 0 bridgehead atoms. The van der Waals surface area contributed by atoms with Crippen molar-refractivity contribution in [3.05, 3.63) is 45.2 Å². The smallest absolute Gasteiger partial charge is 0.333 e. The molecule has 2 aromatic rings. The Morgan fingerprint density at radius 3 is 2.70 bits per heavy atom. The fourth-order valence-corrected chi connectivity index (χ4v) is 1.78. The highest BCUT2D eigenvalue weighted by Gasteiger charge is 2.23. The zero-order valence-electron chi connectivity index (χ0n) is 10.4. The first-order valence-electron chi connectivity index (χ1n) is 5.52. The minimum atomic E-state index is -0.624. The van der Waals surface area contributed by atoms with Crippen LogP contribution in [0.2, 0.25) is 5.02 Å². The average Bonchev–Trinajstić information content (AvgIpc) is 2.42. The van der Waals surface area contributed by atoms with Crippen LogP contribution in [0, 0.1) is 17.0 Å². The van der Waals surface area contributed by atoms with Gasteiger partial charge in [0.05, 0.1) is 15.6 Å². The summed E-state index contributed by atoms with van der Waals surface area (Å²) in [6, 6.07) is 5.27. The molecular weight excluding hydrogens is 284 g/mol. The van der Waals surface area contributed by atoms with Crippen LogP contribution in [-0.4, -0.2) is 14.9 Å². The molecule has 2 rings (SSSR count). The number of nitrogen functional groups attached to an aromatic ring is 1. The molecule has 0 radical (unpaired) electrons. The minimum absolute atomic E-state index is 0.00505. The molecule has 9 heteroatoms. The molecule has 0 aliphatic rings. The molecule has 104 valence electrons. The zero-order valence-corrected chi connectivity index (χ0v) is 11.2. The van der Waals surface area contributed by atoms with Crippen LogP contribution in [0.15, 0.2) is 24.5 Å². The first-order chi connectivity index (χ1) is 9.52. The molecule has 1 aromatic carbocycles. The molecular formula is C11H11ClN6O2. The minimum Gasteiger partial charge on any atom is -0.333 e. The van der Waals surface area contributed by atoms with E-state index in [0.29, 0.717) is 10.7 Å². The highest BCUT2D eigenvalue weighted by Crippen LogP contribution is 2.33. The summed E-state index contributed by atoms with van der Waals surface area (Å²) < 4.78 is 0. The van der Waals surface area contributed by atoms with E-state index < -0.39 is 4.92 Å². The van der Waals surface area contributed by atoms with Crippen LogP contribution in [0.25, 0.3) is 0 Å². The molecule has 0 amide bonds. The third-order valence-corrected chi connectivity index (χ3v) is 2.85. The molecule has 1 heterocycles. The van der Waals surface area contributed by atoms with Crippen LogP contribution >= 0.6 is 11.6 Å². The number of nitrogens with two attached hydrogens (primary N) is 1. The summed E-state index contributed by atoms with van der Waals surface area (Å²) in [5.74, 6) is 5.12. The number of rotatable bonds is 4. The Bertz CT molecular complexity index is 663. The van der Waals surface area contributed by atoms with Crippen LogP contribution in [0.4, 0.5) is 23.0 Å². The molecule has 0 saturated carbocycles. The number of halogens is 1. The quantitative estimate of drug-likeness (QED) is 0.450. The monoisotopic (exact) mass is 294 g/mol. The number of anilines is 3. The van der Waals surface area contributed by atoms with Crippen molar-refractivity contribution in [2.75, 3.05) is 10.7 Å². The van der Waals surface area contributed by atoms with Gasteiger partial charge in [0.25, 0.3) is 0 Å². The zero-order chi connectivity index (χ0) is 14.7. The lowest BCUT2D eigenvalue weighted by atomic mass is 10.2. The number of nitrogens with zero attached hydrogens (tertiary/aromatic N) is 3. The Morgan fingerprint density at radius 1 is 1.35 bits per heavy atom. The maximum atomic E-state index is 11.1. The Kier molecular flexibility index (Phi) is 3.97. The van der Waals surface area contributed by atoms with Crippen molar-refractivity contribution in [2.24, 2.45) is 5.84 Å². The molecule has 0 aliphatic carbocycles. The largest absolute Gasteiger partial charge is 0.354 e. The van der Waals surface area contributed by atoms with Gasteiger partial charge in [-0.15, -0.1) is 0 Å². The predicted molar refractivity (Wildman–Crippen MR) is 76.0 cm³/mol. The van der Waals surface area contributed by atoms with Gasteiger partial charge in [0.15, 0.2) is 0 Å². The maximum Gasteiger partial charge on any atom is 0.354 e. The van der Waals surface area contributed by atoms with Crippen molar-refractivity contribution in [3.8, 4) is 0 Å². The van der Waals surface area contributed by atoms with Gasteiger partial charge in [-0.2, -0.15) is 0 Å². The summed E-state index contributed by atoms with van der Waals surface area (Å²) in [5, 5.41) is 14.3. The number of benzene rings is 1. The number of hydrazine groups is 1. The Morgan fingerprint density at radius 2 is 2.05 bits per heavy atom. The van der Waals surface area contributed by atoms with E-state index in [1.54, 1.807) is 12.1 Å². The fourth-order valence-electron chi connectivity index (χ4n) is 1.61. The Labute approximate surface area is 119 Å². The first kappa shape index (κ1) is 14.0.